The van der Waals surface area contributed by atoms with Gasteiger partial charge in [-0.05, 0) is 47.0 Å². The number of fused-ring (bicyclic) bond motifs is 4. The number of hydrogen-bond donors (Lipinski definition) is 0. The van der Waals surface area contributed by atoms with Crippen molar-refractivity contribution in [3.05, 3.63) is 12.7 Å². The first-order valence-electron chi connectivity index (χ1n) is 16.5. The van der Waals surface area contributed by atoms with Crippen LogP contribution in [0.3, 0.4) is 0 Å². The molecule has 13 nitrogen and oxygen atoms in total. The first kappa shape index (κ1) is 34.4. The number of hydrogen-bond acceptors (Lipinski definition) is 12. The van der Waals surface area contributed by atoms with Crippen LogP contribution in [0.4, 0.5) is 9.59 Å². The van der Waals surface area contributed by atoms with Crippen LogP contribution in [0.2, 0.25) is 0 Å². The topological polar surface area (TPSA) is 141 Å². The summed E-state index contributed by atoms with van der Waals surface area (Å²) >= 11 is 0. The summed E-state index contributed by atoms with van der Waals surface area (Å²) in [6.07, 6.45) is -2.63. The normalized spacial score (nSPS) is 46.9. The Balaban J connectivity index is 1.54. The van der Waals surface area contributed by atoms with Gasteiger partial charge in [-0.25, -0.2) is 9.59 Å². The molecule has 0 spiro atoms. The fraction of sp³-hybridized carbons (Fsp3) is 0.818. The smallest absolute Gasteiger partial charge is 0.458 e. The highest BCUT2D eigenvalue weighted by Gasteiger charge is 2.61. The Labute approximate surface area is 271 Å². The summed E-state index contributed by atoms with van der Waals surface area (Å²) in [6, 6.07) is -0.190. The van der Waals surface area contributed by atoms with Gasteiger partial charge in [-0.15, -0.1) is 0 Å². The maximum atomic E-state index is 13.8. The molecular weight excluding hydrogens is 600 g/mol. The third kappa shape index (κ3) is 5.98. The molecule has 5 rings (SSSR count). The third-order valence-corrected chi connectivity index (χ3v) is 10.6. The lowest BCUT2D eigenvalue weighted by Crippen LogP contribution is -2.55. The molecule has 5 fully saturated rings. The van der Waals surface area contributed by atoms with Gasteiger partial charge in [-0.1, -0.05) is 45.5 Å². The molecule has 0 N–H and O–H groups in total. The van der Waals surface area contributed by atoms with E-state index in [1.807, 2.05) is 41.5 Å². The van der Waals surface area contributed by atoms with Gasteiger partial charge in [-0.2, -0.15) is 0 Å². The predicted octanol–water partition coefficient (Wildman–Crippen LogP) is 4.61. The van der Waals surface area contributed by atoms with Crippen LogP contribution in [0, 0.1) is 23.7 Å². The Morgan fingerprint density at radius 2 is 1.76 bits per heavy atom. The minimum Gasteiger partial charge on any atom is -0.458 e. The number of likely N-dealkylation sites (N-methyl/N-ethyl adjacent to an activating group) is 1. The third-order valence-electron chi connectivity index (χ3n) is 10.6. The van der Waals surface area contributed by atoms with Gasteiger partial charge in [0.15, 0.2) is 24.1 Å². The summed E-state index contributed by atoms with van der Waals surface area (Å²) in [5, 5.41) is 4.53. The largest absolute Gasteiger partial charge is 0.509 e. The number of oxime groups is 1. The van der Waals surface area contributed by atoms with E-state index in [-0.39, 0.29) is 30.6 Å². The van der Waals surface area contributed by atoms with E-state index in [2.05, 4.69) is 11.7 Å². The maximum Gasteiger partial charge on any atom is 0.509 e. The molecule has 0 unspecified atom stereocenters. The molecule has 5 saturated heterocycles. The fourth-order valence-electron chi connectivity index (χ4n) is 8.29. The molecule has 46 heavy (non-hydrogen) atoms. The lowest BCUT2D eigenvalue weighted by Gasteiger charge is -2.42. The van der Waals surface area contributed by atoms with Crippen LogP contribution in [0.25, 0.3) is 0 Å². The van der Waals surface area contributed by atoms with Gasteiger partial charge in [0.25, 0.3) is 0 Å². The van der Waals surface area contributed by atoms with E-state index in [0.717, 1.165) is 0 Å². The summed E-state index contributed by atoms with van der Waals surface area (Å²) in [5.74, 6) is -2.22. The van der Waals surface area contributed by atoms with Crippen molar-refractivity contribution in [2.45, 2.75) is 135 Å². The Morgan fingerprint density at radius 1 is 1.04 bits per heavy atom. The second kappa shape index (κ2) is 13.0. The van der Waals surface area contributed by atoms with E-state index < -0.39 is 78.1 Å². The van der Waals surface area contributed by atoms with Crippen molar-refractivity contribution in [1.29, 1.82) is 0 Å². The fourth-order valence-corrected chi connectivity index (χ4v) is 8.29. The van der Waals surface area contributed by atoms with E-state index in [4.69, 9.17) is 38.0 Å². The molecule has 2 bridgehead atoms. The van der Waals surface area contributed by atoms with Crippen molar-refractivity contribution in [1.82, 2.24) is 4.90 Å². The molecule has 5 aliphatic rings. The van der Waals surface area contributed by atoms with Gasteiger partial charge in [0.1, 0.15) is 12.7 Å². The van der Waals surface area contributed by atoms with Crippen LogP contribution < -0.4 is 0 Å². The maximum absolute atomic E-state index is 13.8. The van der Waals surface area contributed by atoms with Gasteiger partial charge in [0.05, 0.1) is 41.6 Å². The van der Waals surface area contributed by atoms with Gasteiger partial charge >= 0.3 is 18.2 Å². The lowest BCUT2D eigenvalue weighted by atomic mass is 9.75. The van der Waals surface area contributed by atoms with E-state index in [1.165, 1.54) is 0 Å². The molecule has 0 aliphatic carbocycles. The molecule has 0 aromatic rings. The zero-order valence-corrected chi connectivity index (χ0v) is 28.4. The Hall–Kier alpha value is -2.90. The number of nitrogens with zero attached hydrogens (tertiary/aromatic N) is 2. The number of carbonyl (C=O) groups excluding carboxylic acids is 3. The van der Waals surface area contributed by atoms with E-state index in [9.17, 15) is 14.4 Å². The predicted molar refractivity (Wildman–Crippen MR) is 164 cm³/mol. The van der Waals surface area contributed by atoms with E-state index in [1.54, 1.807) is 31.9 Å². The highest BCUT2D eigenvalue weighted by Crippen LogP contribution is 2.48. The van der Waals surface area contributed by atoms with Crippen molar-refractivity contribution in [2.75, 3.05) is 13.7 Å². The Bertz CT molecular complexity index is 1230. The van der Waals surface area contributed by atoms with Crippen LogP contribution in [0.15, 0.2) is 17.8 Å². The minimum absolute atomic E-state index is 0.174. The number of esters is 1. The molecular formula is C33H50N2O11. The zero-order chi connectivity index (χ0) is 33.7. The molecule has 5 heterocycles. The van der Waals surface area contributed by atoms with Gasteiger partial charge < -0.3 is 42.9 Å². The van der Waals surface area contributed by atoms with Crippen molar-refractivity contribution >= 4 is 23.9 Å². The van der Waals surface area contributed by atoms with Gasteiger partial charge in [0, 0.05) is 24.8 Å². The standard InChI is InChI=1S/C33H50N2O11/c1-11-13-39-34-23-16(3)15-32(8)26(43-29-25-21(14-17(4)40-29)35(10)30(37)42-25)19(6)24(45-32)20(7)28(36)41-22(12-2)33(9)27(18(23)5)44-31(38)46-33/h11,16-22,24-27,29H,1,12-15H2,2-10H3/b34-23+/t16-,17-,18+,19+,20-,21+,22-,24-,25-,26-,27-,29+,32-,33+/m1/s1. The summed E-state index contributed by atoms with van der Waals surface area (Å²) in [6.45, 7) is 19.1. The molecule has 0 aromatic heterocycles. The first-order chi connectivity index (χ1) is 21.6. The minimum atomic E-state index is -1.27. The molecule has 0 radical (unpaired) electrons. The average molecular weight is 651 g/mol. The highest BCUT2D eigenvalue weighted by atomic mass is 16.8. The van der Waals surface area contributed by atoms with Crippen LogP contribution in [-0.4, -0.2) is 103 Å². The Morgan fingerprint density at radius 3 is 2.43 bits per heavy atom. The van der Waals surface area contributed by atoms with E-state index >= 15 is 0 Å². The number of amides is 1. The summed E-state index contributed by atoms with van der Waals surface area (Å²) < 4.78 is 43.3. The average Bonchev–Trinajstić information content (AvgIpc) is 3.56. The van der Waals surface area contributed by atoms with Crippen LogP contribution >= 0.6 is 0 Å². The molecule has 0 aromatic carbocycles. The lowest BCUT2D eigenvalue weighted by molar-refractivity contribution is -0.270. The zero-order valence-electron chi connectivity index (χ0n) is 28.4. The highest BCUT2D eigenvalue weighted by molar-refractivity contribution is 5.89. The number of cyclic esters (lactones) is 1. The second-order valence-electron chi connectivity index (χ2n) is 14.1. The van der Waals surface area contributed by atoms with Crippen molar-refractivity contribution in [2.24, 2.45) is 28.8 Å². The molecule has 0 saturated carbocycles. The molecule has 258 valence electrons. The number of rotatable bonds is 6. The monoisotopic (exact) mass is 650 g/mol. The first-order valence-corrected chi connectivity index (χ1v) is 16.5. The van der Waals surface area contributed by atoms with E-state index in [0.29, 0.717) is 25.0 Å². The summed E-state index contributed by atoms with van der Waals surface area (Å²) in [4.78, 5) is 46.2. The number of carbonyl (C=O) groups is 3. The molecule has 14 atom stereocenters. The number of ether oxygens (including phenoxy) is 7. The van der Waals surface area contributed by atoms with Gasteiger partial charge in [0.2, 0.25) is 0 Å². The molecule has 13 heteroatoms. The quantitative estimate of drug-likeness (QED) is 0.131. The summed E-state index contributed by atoms with van der Waals surface area (Å²) in [5.41, 5.74) is -1.60. The molecule has 5 aliphatic heterocycles. The summed E-state index contributed by atoms with van der Waals surface area (Å²) in [7, 11) is 1.72. The van der Waals surface area contributed by atoms with Gasteiger partial charge in [-0.3, -0.25) is 4.79 Å². The van der Waals surface area contributed by atoms with Crippen LogP contribution in [-0.2, 0) is 42.8 Å². The second-order valence-corrected chi connectivity index (χ2v) is 14.1. The van der Waals surface area contributed by atoms with Crippen molar-refractivity contribution < 1.29 is 52.4 Å². The van der Waals surface area contributed by atoms with Crippen LogP contribution in [0.1, 0.15) is 74.7 Å². The van der Waals surface area contributed by atoms with Crippen molar-refractivity contribution in [3.63, 3.8) is 0 Å². The van der Waals surface area contributed by atoms with Crippen LogP contribution in [0.5, 0.6) is 0 Å². The van der Waals surface area contributed by atoms with Crippen molar-refractivity contribution in [3.8, 4) is 0 Å². The Kier molecular flexibility index (Phi) is 9.70. The SMILES string of the molecule is C=CCO/N=C1\[C@H](C)C[C@@]2(C)O[C@H]([C@H](C)[C@H]2O[C@@H]2O[C@H](C)C[C@H]3[C@H]2OC(=O)N3C)[C@@H](C)C(=O)O[C@H](CC)[C@]2(C)OC(=O)O[C@@H]2[C@H]1C. The molecule has 1 amide bonds.